The van der Waals surface area contributed by atoms with Crippen LogP contribution >= 0.6 is 71.2 Å². The van der Waals surface area contributed by atoms with E-state index in [4.69, 9.17) is 46.4 Å². The van der Waals surface area contributed by atoms with Crippen LogP contribution in [0, 0.1) is 0 Å². The van der Waals surface area contributed by atoms with Crippen LogP contribution in [0.1, 0.15) is 85.0 Å². The molecule has 7 heteroatoms. The third-order valence-electron chi connectivity index (χ3n) is 11.7. The van der Waals surface area contributed by atoms with Gasteiger partial charge in [0.15, 0.2) is 0 Å². The number of hydrogen-bond donors (Lipinski definition) is 0. The fourth-order valence-electron chi connectivity index (χ4n) is 8.85. The van der Waals surface area contributed by atoms with E-state index in [9.17, 15) is 0 Å². The van der Waals surface area contributed by atoms with Gasteiger partial charge in [0.1, 0.15) is 0 Å². The second-order valence-corrected chi connectivity index (χ2v) is 26.4. The van der Waals surface area contributed by atoms with E-state index in [0.29, 0.717) is 0 Å². The van der Waals surface area contributed by atoms with Gasteiger partial charge in [0, 0.05) is 0 Å². The van der Waals surface area contributed by atoms with E-state index in [1.54, 1.807) is 6.49 Å². The molecule has 0 saturated carbocycles. The van der Waals surface area contributed by atoms with E-state index in [1.807, 2.05) is 48.5 Å². The van der Waals surface area contributed by atoms with Gasteiger partial charge in [0.05, 0.1) is 0 Å². The summed E-state index contributed by atoms with van der Waals surface area (Å²) in [4.78, 5) is 0. The molecule has 2 aliphatic rings. The number of rotatable bonds is 8. The van der Waals surface area contributed by atoms with Crippen molar-refractivity contribution in [3.05, 3.63) is 196 Å². The van der Waals surface area contributed by atoms with Crippen LogP contribution in [-0.4, -0.2) is 3.21 Å². The number of benzene rings is 6. The van der Waals surface area contributed by atoms with Gasteiger partial charge in [-0.15, -0.1) is 24.8 Å². The summed E-state index contributed by atoms with van der Waals surface area (Å²) in [5.74, 6) is 0. The summed E-state index contributed by atoms with van der Waals surface area (Å²) >= 11 is 23.0. The molecule has 0 aliphatic heterocycles. The zero-order valence-corrected chi connectivity index (χ0v) is 41.9. The van der Waals surface area contributed by atoms with Gasteiger partial charge in [-0.25, -0.2) is 0 Å². The summed E-state index contributed by atoms with van der Waals surface area (Å²) in [5.41, 5.74) is 15.7. The Morgan fingerprint density at radius 1 is 0.517 bits per heavy atom. The molecule has 0 radical (unpaired) electrons. The Morgan fingerprint density at radius 3 is 1.22 bits per heavy atom. The maximum absolute atomic E-state index is 6.50. The van der Waals surface area contributed by atoms with Crippen molar-refractivity contribution >= 4 is 74.4 Å². The molecule has 60 heavy (non-hydrogen) atoms. The van der Waals surface area contributed by atoms with Crippen LogP contribution in [0.5, 0.6) is 0 Å². The first-order valence-electron chi connectivity index (χ1n) is 20.1. The van der Waals surface area contributed by atoms with Gasteiger partial charge in [0.25, 0.3) is 0 Å². The summed E-state index contributed by atoms with van der Waals surface area (Å²) in [7, 11) is 0. The normalized spacial score (nSPS) is 13.3. The smallest absolute Gasteiger partial charge is 0.147 e. The van der Waals surface area contributed by atoms with Gasteiger partial charge < -0.3 is 0 Å². The Morgan fingerprint density at radius 2 is 0.883 bits per heavy atom. The summed E-state index contributed by atoms with van der Waals surface area (Å²) < 4.78 is 3.53. The number of allylic oxidation sites excluding steroid dienone is 4. The van der Waals surface area contributed by atoms with E-state index < -0.39 is 21.3 Å². The van der Waals surface area contributed by atoms with E-state index >= 15 is 0 Å². The van der Waals surface area contributed by atoms with Crippen LogP contribution in [0.2, 0.25) is 20.1 Å². The first-order chi connectivity index (χ1) is 27.6. The van der Waals surface area contributed by atoms with Crippen LogP contribution in [0.15, 0.2) is 143 Å². The van der Waals surface area contributed by atoms with Crippen LogP contribution < -0.4 is 0 Å². The molecular formula is C53H50Cl6Zr. The molecular weight excluding hydrogens is 941 g/mol. The van der Waals surface area contributed by atoms with E-state index in [-0.39, 0.29) is 39.3 Å². The van der Waals surface area contributed by atoms with Gasteiger partial charge >= 0.3 is 376 Å². The topological polar surface area (TPSA) is 0 Å². The molecule has 6 aromatic carbocycles. The molecule has 0 fully saturated rings. The van der Waals surface area contributed by atoms with Crippen molar-refractivity contribution in [2.24, 2.45) is 0 Å². The minimum absolute atomic E-state index is 0. The van der Waals surface area contributed by atoms with Crippen molar-refractivity contribution in [2.45, 2.75) is 75.3 Å². The van der Waals surface area contributed by atoms with Crippen molar-refractivity contribution in [3.8, 4) is 33.4 Å². The molecule has 0 unspecified atom stereocenters. The molecule has 308 valence electrons. The van der Waals surface area contributed by atoms with E-state index in [2.05, 4.69) is 133 Å². The molecule has 0 atom stereocenters. The first-order valence-corrected chi connectivity index (χ1v) is 25.5. The average molecular weight is 991 g/mol. The standard InChI is InChI=1S/C33H31Cl2.C15H12Cl2.C5H5.2ClH.Zr/c1-32(2,3)30-18-26-22(16-28(30)20-7-11-24(34)12-8-20)15-23-17-29(21-9-13-25(35)14-10-21)31(19-27(23)26)33(4,5)6;16-14-8-4-12(5-9-14)2-1-3-13-6-10-15(17)11-7-13;1-2-4-5-3-1;;;/h7-19H,1-6H3;4-11H,2-3H2;1-3H,4H2;2*1H;. The number of fused-ring (bicyclic) bond motifs is 3. The average Bonchev–Trinajstić information content (AvgIpc) is 3.82. The predicted molar refractivity (Wildman–Crippen MR) is 264 cm³/mol. The summed E-state index contributed by atoms with van der Waals surface area (Å²) in [5, 5.41) is 3.02. The molecule has 0 bridgehead atoms. The molecule has 0 aromatic heterocycles. The minimum Gasteiger partial charge on any atom is -0.147 e. The van der Waals surface area contributed by atoms with Crippen LogP contribution in [-0.2, 0) is 44.9 Å². The fraction of sp³-hybridized carbons (Fsp3) is 0.226. The molecule has 8 rings (SSSR count). The third-order valence-corrected chi connectivity index (χ3v) is 21.0. The Kier molecular flexibility index (Phi) is 14.8. The van der Waals surface area contributed by atoms with Gasteiger partial charge in [-0.1, -0.05) is 0 Å². The Balaban J connectivity index is 0.00000302. The van der Waals surface area contributed by atoms with Crippen LogP contribution in [0.4, 0.5) is 0 Å². The maximum Gasteiger partial charge on any atom is -0.147 e. The SMILES string of the molecule is CC(C)(C)c1cc2c(cc1-c1ccc(Cl)cc1)[CH]([Zr]([C]1=CC=CC1)=[C](Cc1ccc(Cl)cc1)Cc1ccc(Cl)cc1)c1cc(-c3ccc(Cl)cc3)c(C(C)(C)C)cc1-2.Cl.Cl. The minimum atomic E-state index is -2.94. The first kappa shape index (κ1) is 46.8. The fourth-order valence-corrected chi connectivity index (χ4v) is 18.5. The van der Waals surface area contributed by atoms with Crippen molar-refractivity contribution in [2.75, 3.05) is 0 Å². The Bertz CT molecular complexity index is 2440. The van der Waals surface area contributed by atoms with Crippen molar-refractivity contribution in [3.63, 3.8) is 0 Å². The second-order valence-electron chi connectivity index (χ2n) is 17.9. The molecule has 0 nitrogen and oxygen atoms in total. The summed E-state index contributed by atoms with van der Waals surface area (Å²) in [6, 6.07) is 44.1. The van der Waals surface area contributed by atoms with Gasteiger partial charge in [-0.3, -0.25) is 0 Å². The molecule has 0 amide bonds. The van der Waals surface area contributed by atoms with Crippen LogP contribution in [0.3, 0.4) is 0 Å². The summed E-state index contributed by atoms with van der Waals surface area (Å²) in [6.45, 7) is 14.0. The van der Waals surface area contributed by atoms with E-state index in [0.717, 1.165) is 39.4 Å². The van der Waals surface area contributed by atoms with Gasteiger partial charge in [-0.2, -0.15) is 0 Å². The molecule has 6 aromatic rings. The molecule has 0 spiro atoms. The van der Waals surface area contributed by atoms with E-state index in [1.165, 1.54) is 66.8 Å². The molecule has 2 aliphatic carbocycles. The zero-order chi connectivity index (χ0) is 40.9. The monoisotopic (exact) mass is 986 g/mol. The van der Waals surface area contributed by atoms with Crippen molar-refractivity contribution < 1.29 is 21.3 Å². The van der Waals surface area contributed by atoms with Crippen LogP contribution in [0.25, 0.3) is 33.4 Å². The number of hydrogen-bond acceptors (Lipinski definition) is 0. The Labute approximate surface area is 397 Å². The van der Waals surface area contributed by atoms with Gasteiger partial charge in [0.2, 0.25) is 0 Å². The summed E-state index contributed by atoms with van der Waals surface area (Å²) in [6.07, 6.45) is 9.91. The molecule has 0 N–H and O–H groups in total. The maximum atomic E-state index is 6.50. The zero-order valence-electron chi connectivity index (χ0n) is 34.8. The predicted octanol–water partition coefficient (Wildman–Crippen LogP) is 17.3. The van der Waals surface area contributed by atoms with Crippen molar-refractivity contribution in [1.29, 1.82) is 0 Å². The second kappa shape index (κ2) is 19.0. The quantitative estimate of drug-likeness (QED) is 0.143. The molecule has 0 heterocycles. The largest absolute Gasteiger partial charge is 0.147 e. The third kappa shape index (κ3) is 9.90. The molecule has 0 saturated heterocycles. The van der Waals surface area contributed by atoms with Gasteiger partial charge in [-0.05, 0) is 0 Å². The van der Waals surface area contributed by atoms with Crippen molar-refractivity contribution in [1.82, 2.24) is 0 Å². The number of halogens is 6. The Hall–Kier alpha value is -2.71.